The van der Waals surface area contributed by atoms with Crippen molar-refractivity contribution in [1.29, 1.82) is 0 Å². The van der Waals surface area contributed by atoms with Gasteiger partial charge in [0.1, 0.15) is 11.5 Å². The zero-order chi connectivity index (χ0) is 13.5. The van der Waals surface area contributed by atoms with Crippen molar-refractivity contribution < 1.29 is 19.1 Å². The number of hydrogen-bond donors (Lipinski definition) is 0. The number of ether oxygens (including phenoxy) is 2. The van der Waals surface area contributed by atoms with Crippen LogP contribution in [0.15, 0.2) is 11.1 Å². The molecule has 0 aromatic rings. The molecule has 104 valence electrons. The summed E-state index contributed by atoms with van der Waals surface area (Å²) in [5, 5.41) is 0. The van der Waals surface area contributed by atoms with Crippen LogP contribution >= 0.6 is 0 Å². The van der Waals surface area contributed by atoms with Gasteiger partial charge in [0.2, 0.25) is 0 Å². The van der Waals surface area contributed by atoms with Gasteiger partial charge in [0.15, 0.2) is 0 Å². The van der Waals surface area contributed by atoms with Crippen molar-refractivity contribution in [3.63, 3.8) is 0 Å². The van der Waals surface area contributed by atoms with Crippen molar-refractivity contribution in [3.05, 3.63) is 11.1 Å². The fraction of sp³-hybridized carbons (Fsp3) is 0.733. The smallest absolute Gasteiger partial charge is 0.316 e. The number of hydrogen-bond acceptors (Lipinski definition) is 4. The Hall–Kier alpha value is -1.32. The molecular weight excluding hydrogens is 244 g/mol. The number of esters is 2. The van der Waals surface area contributed by atoms with Crippen molar-refractivity contribution >= 4 is 11.9 Å². The normalized spacial score (nSPS) is 34.2. The summed E-state index contributed by atoms with van der Waals surface area (Å²) in [4.78, 5) is 23.9. The van der Waals surface area contributed by atoms with E-state index in [1.165, 1.54) is 37.5 Å². The average molecular weight is 264 g/mol. The maximum atomic E-state index is 12.2. The molecule has 3 aliphatic rings. The summed E-state index contributed by atoms with van der Waals surface area (Å²) in [6.07, 6.45) is 7.29. The number of fused-ring (bicyclic) bond motifs is 2. The van der Waals surface area contributed by atoms with Crippen molar-refractivity contribution in [2.24, 2.45) is 5.41 Å². The van der Waals surface area contributed by atoms with Gasteiger partial charge in [0.25, 0.3) is 0 Å². The van der Waals surface area contributed by atoms with Crippen molar-refractivity contribution in [2.75, 3.05) is 7.11 Å². The number of allylic oxidation sites excluding steroid dienone is 1. The Labute approximate surface area is 113 Å². The van der Waals surface area contributed by atoms with Gasteiger partial charge in [-0.05, 0) is 37.7 Å². The molecular formula is C15H20O4. The molecule has 4 nitrogen and oxygen atoms in total. The standard InChI is InChI=1S/C15H20O4/c1-18-14(17)15-8-10-6-4-2-3-5-7-11(10)13(15)19-12(16)9-15/h13H,2-9H2,1H3/t13-,15+/m1/s1. The van der Waals surface area contributed by atoms with E-state index < -0.39 is 5.41 Å². The summed E-state index contributed by atoms with van der Waals surface area (Å²) in [7, 11) is 1.40. The Morgan fingerprint density at radius 2 is 1.95 bits per heavy atom. The molecule has 0 saturated carbocycles. The van der Waals surface area contributed by atoms with Gasteiger partial charge in [0, 0.05) is 0 Å². The molecule has 19 heavy (non-hydrogen) atoms. The first-order chi connectivity index (χ1) is 9.17. The number of carbonyl (C=O) groups excluding carboxylic acids is 2. The molecule has 4 heteroatoms. The maximum Gasteiger partial charge on any atom is 0.316 e. The Kier molecular flexibility index (Phi) is 3.11. The minimum atomic E-state index is -0.749. The molecule has 2 atom stereocenters. The number of rotatable bonds is 1. The van der Waals surface area contributed by atoms with E-state index in [2.05, 4.69) is 0 Å². The zero-order valence-corrected chi connectivity index (χ0v) is 11.4. The number of methoxy groups -OCH3 is 1. The van der Waals surface area contributed by atoms with E-state index >= 15 is 0 Å². The molecule has 0 bridgehead atoms. The molecule has 1 fully saturated rings. The van der Waals surface area contributed by atoms with Crippen LogP contribution in [0.5, 0.6) is 0 Å². The fourth-order valence-electron chi connectivity index (χ4n) is 3.89. The SMILES string of the molecule is COC(=O)[C@@]12CC(=O)O[C@@H]1C1=C(CCCCCC1)C2. The minimum absolute atomic E-state index is 0.178. The molecule has 0 aromatic carbocycles. The summed E-state index contributed by atoms with van der Waals surface area (Å²) in [6.45, 7) is 0. The second-order valence-corrected chi connectivity index (χ2v) is 5.91. The van der Waals surface area contributed by atoms with E-state index in [0.717, 1.165) is 19.3 Å². The van der Waals surface area contributed by atoms with Crippen LogP contribution in [0.2, 0.25) is 0 Å². The molecule has 1 aliphatic heterocycles. The van der Waals surface area contributed by atoms with Gasteiger partial charge in [-0.2, -0.15) is 0 Å². The predicted octanol–water partition coefficient (Wildman–Crippen LogP) is 2.52. The van der Waals surface area contributed by atoms with Crippen LogP contribution in [0.4, 0.5) is 0 Å². The highest BCUT2D eigenvalue weighted by atomic mass is 16.6. The van der Waals surface area contributed by atoms with Gasteiger partial charge in [-0.3, -0.25) is 9.59 Å². The zero-order valence-electron chi connectivity index (χ0n) is 11.4. The summed E-state index contributed by atoms with van der Waals surface area (Å²) in [5.74, 6) is -0.542. The molecule has 0 spiro atoms. The Morgan fingerprint density at radius 1 is 1.21 bits per heavy atom. The summed E-state index contributed by atoms with van der Waals surface area (Å²) >= 11 is 0. The fourth-order valence-corrected chi connectivity index (χ4v) is 3.89. The number of carbonyl (C=O) groups is 2. The topological polar surface area (TPSA) is 52.6 Å². The third-order valence-corrected chi connectivity index (χ3v) is 4.78. The Bertz CT molecular complexity index is 451. The monoisotopic (exact) mass is 264 g/mol. The van der Waals surface area contributed by atoms with Gasteiger partial charge < -0.3 is 9.47 Å². The second-order valence-electron chi connectivity index (χ2n) is 5.91. The van der Waals surface area contributed by atoms with Gasteiger partial charge >= 0.3 is 11.9 Å². The van der Waals surface area contributed by atoms with Crippen LogP contribution in [0.25, 0.3) is 0 Å². The Morgan fingerprint density at radius 3 is 2.68 bits per heavy atom. The average Bonchev–Trinajstić information content (AvgIpc) is 2.82. The summed E-state index contributed by atoms with van der Waals surface area (Å²) in [6, 6.07) is 0. The van der Waals surface area contributed by atoms with Gasteiger partial charge in [-0.25, -0.2) is 0 Å². The van der Waals surface area contributed by atoms with Gasteiger partial charge in [0.05, 0.1) is 13.5 Å². The first-order valence-corrected chi connectivity index (χ1v) is 7.16. The van der Waals surface area contributed by atoms with Crippen LogP contribution in [-0.4, -0.2) is 25.2 Å². The van der Waals surface area contributed by atoms with Crippen LogP contribution < -0.4 is 0 Å². The molecule has 0 amide bonds. The van der Waals surface area contributed by atoms with Gasteiger partial charge in [-0.15, -0.1) is 0 Å². The van der Waals surface area contributed by atoms with E-state index in [9.17, 15) is 9.59 Å². The molecule has 3 rings (SSSR count). The lowest BCUT2D eigenvalue weighted by Crippen LogP contribution is -2.37. The van der Waals surface area contributed by atoms with Crippen LogP contribution in [-0.2, 0) is 19.1 Å². The molecule has 2 aliphatic carbocycles. The lowest BCUT2D eigenvalue weighted by molar-refractivity contribution is -0.154. The first-order valence-electron chi connectivity index (χ1n) is 7.16. The minimum Gasteiger partial charge on any atom is -0.468 e. The molecule has 0 aromatic heterocycles. The second kappa shape index (κ2) is 4.66. The van der Waals surface area contributed by atoms with E-state index in [1.54, 1.807) is 0 Å². The highest BCUT2D eigenvalue weighted by Gasteiger charge is 2.60. The summed E-state index contributed by atoms with van der Waals surface area (Å²) in [5.41, 5.74) is 1.82. The highest BCUT2D eigenvalue weighted by Crippen LogP contribution is 2.54. The summed E-state index contributed by atoms with van der Waals surface area (Å²) < 4.78 is 10.4. The van der Waals surface area contributed by atoms with Crippen LogP contribution in [0.1, 0.15) is 51.4 Å². The van der Waals surface area contributed by atoms with Crippen molar-refractivity contribution in [2.45, 2.75) is 57.5 Å². The highest BCUT2D eigenvalue weighted by molar-refractivity contribution is 5.89. The van der Waals surface area contributed by atoms with E-state index in [-0.39, 0.29) is 24.5 Å². The maximum absolute atomic E-state index is 12.2. The van der Waals surface area contributed by atoms with Crippen molar-refractivity contribution in [3.8, 4) is 0 Å². The van der Waals surface area contributed by atoms with Crippen LogP contribution in [0, 0.1) is 5.41 Å². The quantitative estimate of drug-likeness (QED) is 0.539. The van der Waals surface area contributed by atoms with E-state index in [4.69, 9.17) is 9.47 Å². The lowest BCUT2D eigenvalue weighted by atomic mass is 9.80. The molecule has 0 N–H and O–H groups in total. The van der Waals surface area contributed by atoms with E-state index in [0.29, 0.717) is 6.42 Å². The van der Waals surface area contributed by atoms with Gasteiger partial charge in [-0.1, -0.05) is 18.4 Å². The third-order valence-electron chi connectivity index (χ3n) is 4.78. The molecule has 0 unspecified atom stereocenters. The largest absolute Gasteiger partial charge is 0.468 e. The molecule has 1 saturated heterocycles. The lowest BCUT2D eigenvalue weighted by Gasteiger charge is -2.24. The molecule has 0 radical (unpaired) electrons. The predicted molar refractivity (Wildman–Crippen MR) is 68.3 cm³/mol. The van der Waals surface area contributed by atoms with Crippen LogP contribution in [0.3, 0.4) is 0 Å². The first kappa shape index (κ1) is 12.7. The van der Waals surface area contributed by atoms with E-state index in [1.807, 2.05) is 0 Å². The third kappa shape index (κ3) is 1.88. The Balaban J connectivity index is 1.95. The van der Waals surface area contributed by atoms with Crippen molar-refractivity contribution in [1.82, 2.24) is 0 Å². The molecule has 1 heterocycles.